The van der Waals surface area contributed by atoms with E-state index in [2.05, 4.69) is 0 Å². The van der Waals surface area contributed by atoms with E-state index < -0.39 is 9.84 Å². The Labute approximate surface area is 110 Å². The smallest absolute Gasteiger partial charge is 0.175 e. The zero-order chi connectivity index (χ0) is 13.3. The van der Waals surface area contributed by atoms with Crippen LogP contribution in [0.5, 0.6) is 0 Å². The van der Waals surface area contributed by atoms with Gasteiger partial charge in [0.1, 0.15) is 0 Å². The Morgan fingerprint density at radius 2 is 1.67 bits per heavy atom. The molecule has 0 saturated heterocycles. The quantitative estimate of drug-likeness (QED) is 0.812. The van der Waals surface area contributed by atoms with Crippen LogP contribution in [0.2, 0.25) is 0 Å². The van der Waals surface area contributed by atoms with E-state index in [0.29, 0.717) is 9.77 Å². The second kappa shape index (κ2) is 4.66. The molecule has 0 radical (unpaired) electrons. The number of hydrogen-bond donors (Lipinski definition) is 0. The van der Waals surface area contributed by atoms with Crippen LogP contribution in [0.4, 0.5) is 0 Å². The van der Waals surface area contributed by atoms with Gasteiger partial charge in [0.15, 0.2) is 15.6 Å². The average molecular weight is 280 g/mol. The molecule has 0 amide bonds. The lowest BCUT2D eigenvalue weighted by molar-refractivity contribution is 0.102. The molecule has 5 heteroatoms. The molecule has 94 valence electrons. The first-order valence-corrected chi connectivity index (χ1v) is 8.00. The van der Waals surface area contributed by atoms with Crippen molar-refractivity contribution in [3.8, 4) is 10.4 Å². The van der Waals surface area contributed by atoms with Crippen molar-refractivity contribution in [3.63, 3.8) is 0 Å². The molecule has 0 unspecified atom stereocenters. The van der Waals surface area contributed by atoms with Crippen molar-refractivity contribution in [3.05, 3.63) is 41.3 Å². The molecule has 0 aliphatic carbocycles. The largest absolute Gasteiger partial charge is 0.294 e. The first kappa shape index (κ1) is 13.0. The minimum Gasteiger partial charge on any atom is -0.294 e. The fraction of sp³-hybridized carbons (Fsp3) is 0.154. The monoisotopic (exact) mass is 280 g/mol. The van der Waals surface area contributed by atoms with Gasteiger partial charge in [-0.2, -0.15) is 0 Å². The Morgan fingerprint density at radius 3 is 2.11 bits per heavy atom. The van der Waals surface area contributed by atoms with Crippen LogP contribution in [0.25, 0.3) is 10.4 Å². The third-order valence-corrected chi connectivity index (χ3v) is 4.88. The number of ketones is 1. The predicted octanol–water partition coefficient (Wildman–Crippen LogP) is 3.02. The van der Waals surface area contributed by atoms with Gasteiger partial charge in [-0.25, -0.2) is 8.42 Å². The number of benzene rings is 1. The number of carbonyl (C=O) groups excluding carboxylic acids is 1. The summed E-state index contributed by atoms with van der Waals surface area (Å²) in [6, 6.07) is 10.3. The number of sulfone groups is 1. The topological polar surface area (TPSA) is 51.2 Å². The summed E-state index contributed by atoms with van der Waals surface area (Å²) in [6.45, 7) is 1.53. The molecule has 18 heavy (non-hydrogen) atoms. The Kier molecular flexibility index (Phi) is 3.36. The lowest BCUT2D eigenvalue weighted by Crippen LogP contribution is -1.95. The summed E-state index contributed by atoms with van der Waals surface area (Å²) >= 11 is 1.41. The van der Waals surface area contributed by atoms with Crippen LogP contribution in [-0.4, -0.2) is 20.5 Å². The van der Waals surface area contributed by atoms with Gasteiger partial charge in [0.2, 0.25) is 0 Å². The first-order chi connectivity index (χ1) is 8.38. The molecule has 0 spiro atoms. The highest BCUT2D eigenvalue weighted by Crippen LogP contribution is 2.29. The highest BCUT2D eigenvalue weighted by Gasteiger charge is 2.09. The molecule has 3 nitrogen and oxygen atoms in total. The zero-order valence-electron chi connectivity index (χ0n) is 10.0. The molecule has 0 atom stereocenters. The van der Waals surface area contributed by atoms with Gasteiger partial charge in [-0.1, -0.05) is 12.1 Å². The predicted molar refractivity (Wildman–Crippen MR) is 72.9 cm³/mol. The fourth-order valence-electron chi connectivity index (χ4n) is 1.55. The van der Waals surface area contributed by atoms with Crippen molar-refractivity contribution < 1.29 is 13.2 Å². The molecule has 0 aliphatic heterocycles. The summed E-state index contributed by atoms with van der Waals surface area (Å²) in [5, 5.41) is 0. The molecule has 1 aromatic carbocycles. The van der Waals surface area contributed by atoms with E-state index in [-0.39, 0.29) is 5.78 Å². The Morgan fingerprint density at radius 1 is 1.06 bits per heavy atom. The number of thiophene rings is 1. The molecule has 1 aromatic heterocycles. The normalized spacial score (nSPS) is 11.4. The fourth-order valence-corrected chi connectivity index (χ4v) is 3.09. The van der Waals surface area contributed by atoms with Gasteiger partial charge >= 0.3 is 0 Å². The number of rotatable bonds is 3. The van der Waals surface area contributed by atoms with Gasteiger partial charge in [-0.15, -0.1) is 11.3 Å². The number of hydrogen-bond acceptors (Lipinski definition) is 4. The van der Waals surface area contributed by atoms with Gasteiger partial charge in [-0.05, 0) is 36.8 Å². The Hall–Kier alpha value is -1.46. The molecule has 0 N–H and O–H groups in total. The summed E-state index contributed by atoms with van der Waals surface area (Å²) in [7, 11) is -3.16. The summed E-state index contributed by atoms with van der Waals surface area (Å²) in [5.74, 6) is 0.0407. The summed E-state index contributed by atoms with van der Waals surface area (Å²) in [4.78, 5) is 13.2. The molecule has 2 aromatic rings. The van der Waals surface area contributed by atoms with Crippen molar-refractivity contribution in [2.45, 2.75) is 11.8 Å². The third-order valence-electron chi connectivity index (χ3n) is 2.52. The van der Waals surface area contributed by atoms with E-state index >= 15 is 0 Å². The lowest BCUT2D eigenvalue weighted by atomic mass is 10.2. The van der Waals surface area contributed by atoms with E-state index in [1.165, 1.54) is 24.5 Å². The summed E-state index contributed by atoms with van der Waals surface area (Å²) < 4.78 is 22.7. The van der Waals surface area contributed by atoms with Crippen molar-refractivity contribution in [1.29, 1.82) is 0 Å². The van der Waals surface area contributed by atoms with Crippen molar-refractivity contribution in [2.75, 3.05) is 6.26 Å². The van der Waals surface area contributed by atoms with Crippen LogP contribution in [0.3, 0.4) is 0 Å². The zero-order valence-corrected chi connectivity index (χ0v) is 11.6. The van der Waals surface area contributed by atoms with Gasteiger partial charge in [0.25, 0.3) is 0 Å². The van der Waals surface area contributed by atoms with Gasteiger partial charge in [0.05, 0.1) is 9.77 Å². The van der Waals surface area contributed by atoms with Crippen LogP contribution in [0.1, 0.15) is 16.6 Å². The number of carbonyl (C=O) groups is 1. The van der Waals surface area contributed by atoms with Crippen molar-refractivity contribution in [2.24, 2.45) is 0 Å². The van der Waals surface area contributed by atoms with Gasteiger partial charge < -0.3 is 0 Å². The second-order valence-electron chi connectivity index (χ2n) is 4.02. The Balaban J connectivity index is 2.37. The van der Waals surface area contributed by atoms with E-state index in [1.807, 2.05) is 6.07 Å². The maximum Gasteiger partial charge on any atom is 0.175 e. The van der Waals surface area contributed by atoms with Crippen molar-refractivity contribution >= 4 is 27.0 Å². The molecular weight excluding hydrogens is 268 g/mol. The highest BCUT2D eigenvalue weighted by atomic mass is 32.2. The first-order valence-electron chi connectivity index (χ1n) is 5.29. The molecule has 0 fully saturated rings. The minimum absolute atomic E-state index is 0.0407. The van der Waals surface area contributed by atoms with Crippen LogP contribution in [-0.2, 0) is 9.84 Å². The minimum atomic E-state index is -3.16. The maximum atomic E-state index is 11.3. The molecular formula is C13H12O3S2. The Bertz CT molecular complexity index is 679. The molecule has 2 rings (SSSR count). The summed E-state index contributed by atoms with van der Waals surface area (Å²) in [6.07, 6.45) is 1.18. The van der Waals surface area contributed by atoms with Crippen molar-refractivity contribution in [1.82, 2.24) is 0 Å². The van der Waals surface area contributed by atoms with Crippen LogP contribution < -0.4 is 0 Å². The van der Waals surface area contributed by atoms with E-state index in [9.17, 15) is 13.2 Å². The molecule has 0 aliphatic rings. The SMILES string of the molecule is CC(=O)c1ccc(-c2ccc(S(C)(=O)=O)cc2)s1. The van der Waals surface area contributed by atoms with E-state index in [1.54, 1.807) is 30.3 Å². The van der Waals surface area contributed by atoms with Crippen LogP contribution >= 0.6 is 11.3 Å². The van der Waals surface area contributed by atoms with Crippen LogP contribution in [0, 0.1) is 0 Å². The van der Waals surface area contributed by atoms with Crippen LogP contribution in [0.15, 0.2) is 41.3 Å². The lowest BCUT2D eigenvalue weighted by Gasteiger charge is -2.00. The standard InChI is InChI=1S/C13H12O3S2/c1-9(14)12-7-8-13(17-12)10-3-5-11(6-4-10)18(2,15)16/h3-8H,1-2H3. The number of Topliss-reactive ketones (excluding diaryl/α,β-unsaturated/α-hetero) is 1. The second-order valence-corrected chi connectivity index (χ2v) is 7.12. The molecule has 1 heterocycles. The molecule has 0 bridgehead atoms. The molecule has 0 saturated carbocycles. The van der Waals surface area contributed by atoms with E-state index in [0.717, 1.165) is 10.4 Å². The summed E-state index contributed by atoms with van der Waals surface area (Å²) in [5.41, 5.74) is 0.917. The van der Waals surface area contributed by atoms with Gasteiger partial charge in [-0.3, -0.25) is 4.79 Å². The third kappa shape index (κ3) is 2.68. The maximum absolute atomic E-state index is 11.3. The highest BCUT2D eigenvalue weighted by molar-refractivity contribution is 7.90. The average Bonchev–Trinajstić information content (AvgIpc) is 2.77. The van der Waals surface area contributed by atoms with E-state index in [4.69, 9.17) is 0 Å². The van der Waals surface area contributed by atoms with Gasteiger partial charge in [0, 0.05) is 11.1 Å².